The van der Waals surface area contributed by atoms with Crippen molar-refractivity contribution in [1.82, 2.24) is 5.32 Å². The van der Waals surface area contributed by atoms with Crippen molar-refractivity contribution in [3.8, 4) is 11.5 Å². The summed E-state index contributed by atoms with van der Waals surface area (Å²) in [4.78, 5) is 12.1. The molecule has 0 aliphatic rings. The van der Waals surface area contributed by atoms with E-state index in [0.29, 0.717) is 11.5 Å². The average molecular weight is 537 g/mol. The van der Waals surface area contributed by atoms with Crippen molar-refractivity contribution >= 4 is 54.0 Å². The summed E-state index contributed by atoms with van der Waals surface area (Å²) in [5, 5.41) is 2.63. The number of hydrogen-bond acceptors (Lipinski definition) is 4. The van der Waals surface area contributed by atoms with Crippen molar-refractivity contribution in [3.05, 3.63) is 73.3 Å². The number of nitrogens with one attached hydrogen (secondary N) is 1. The van der Waals surface area contributed by atoms with E-state index in [9.17, 15) is 9.36 Å². The molecule has 0 bridgehead atoms. The summed E-state index contributed by atoms with van der Waals surface area (Å²) >= 11 is 0. The van der Waals surface area contributed by atoms with Crippen LogP contribution in [-0.4, -0.2) is 22.2 Å². The van der Waals surface area contributed by atoms with Crippen LogP contribution in [0.4, 0.5) is 0 Å². The SMILES string of the molecule is C=CC(=O)NC(C[CH](C)[Ge]([Cl])([Cl])[Cl])P(=O)(Oc1ccccc1)Oc1ccccc1. The standard InChI is InChI=1S/C19H21Cl3GeNO4P/c1-3-18(25)24-19(14-15(2)23(20,21)22)29(26,27-16-10-6-4-7-11-16)28-17-12-8-5-9-13-17/h3-13,15,19H,1,14H2,2H3,(H,24,25). The molecule has 156 valence electrons. The van der Waals surface area contributed by atoms with E-state index >= 15 is 0 Å². The minimum absolute atomic E-state index is 0.104. The summed E-state index contributed by atoms with van der Waals surface area (Å²) in [5.41, 5.74) is 0. The second-order valence-electron chi connectivity index (χ2n) is 6.26. The summed E-state index contributed by atoms with van der Waals surface area (Å²) in [6.07, 6.45) is 1.18. The van der Waals surface area contributed by atoms with Gasteiger partial charge >= 0.3 is 186 Å². The molecular formula is C19H21Cl3GeNO4P. The molecule has 0 radical (unpaired) electrons. The zero-order valence-corrected chi connectivity index (χ0v) is 20.9. The summed E-state index contributed by atoms with van der Waals surface area (Å²) < 4.78 is 25.2. The maximum atomic E-state index is 14.0. The van der Waals surface area contributed by atoms with Gasteiger partial charge in [-0.3, -0.25) is 0 Å². The Hall–Kier alpha value is -1.11. The van der Waals surface area contributed by atoms with E-state index in [-0.39, 0.29) is 11.2 Å². The second-order valence-corrected chi connectivity index (χ2v) is 25.0. The molecule has 0 saturated carbocycles. The molecular weight excluding hydrogens is 516 g/mol. The van der Waals surface area contributed by atoms with E-state index in [1.807, 2.05) is 0 Å². The molecule has 0 aromatic heterocycles. The Morgan fingerprint density at radius 2 is 1.52 bits per heavy atom. The Bertz CT molecular complexity index is 819. The fourth-order valence-corrected chi connectivity index (χ4v) is 7.20. The van der Waals surface area contributed by atoms with Gasteiger partial charge in [0, 0.05) is 0 Å². The van der Waals surface area contributed by atoms with Gasteiger partial charge in [0.1, 0.15) is 0 Å². The first-order valence-electron chi connectivity index (χ1n) is 8.72. The first-order chi connectivity index (χ1) is 13.6. The van der Waals surface area contributed by atoms with Crippen LogP contribution in [0.15, 0.2) is 73.3 Å². The van der Waals surface area contributed by atoms with Crippen molar-refractivity contribution < 1.29 is 18.4 Å². The molecule has 0 fully saturated rings. The van der Waals surface area contributed by atoms with E-state index in [1.165, 1.54) is 0 Å². The molecule has 2 unspecified atom stereocenters. The maximum absolute atomic E-state index is 14.0. The average Bonchev–Trinajstić information content (AvgIpc) is 2.68. The van der Waals surface area contributed by atoms with Crippen LogP contribution >= 0.6 is 37.6 Å². The van der Waals surface area contributed by atoms with Crippen molar-refractivity contribution in [2.24, 2.45) is 0 Å². The molecule has 2 rings (SSSR count). The first-order valence-corrected chi connectivity index (χ1v) is 19.8. The Morgan fingerprint density at radius 3 is 1.90 bits per heavy atom. The van der Waals surface area contributed by atoms with E-state index in [2.05, 4.69) is 11.9 Å². The van der Waals surface area contributed by atoms with E-state index in [0.717, 1.165) is 6.08 Å². The Balaban J connectivity index is 2.44. The zero-order chi connectivity index (χ0) is 21.5. The van der Waals surface area contributed by atoms with E-state index in [4.69, 9.17) is 39.1 Å². The topological polar surface area (TPSA) is 64.6 Å². The first kappa shape index (κ1) is 24.2. The van der Waals surface area contributed by atoms with Crippen molar-refractivity contribution in [2.75, 3.05) is 0 Å². The van der Waals surface area contributed by atoms with Crippen LogP contribution in [-0.2, 0) is 9.36 Å². The van der Waals surface area contributed by atoms with E-state index < -0.39 is 29.8 Å². The number of carbonyl (C=O) groups is 1. The fourth-order valence-electron chi connectivity index (χ4n) is 2.36. The zero-order valence-electron chi connectivity index (χ0n) is 15.6. The summed E-state index contributed by atoms with van der Waals surface area (Å²) in [6.45, 7) is 5.19. The van der Waals surface area contributed by atoms with Crippen molar-refractivity contribution in [2.45, 2.75) is 23.9 Å². The molecule has 2 atom stereocenters. The van der Waals surface area contributed by atoms with Gasteiger partial charge in [0.2, 0.25) is 0 Å². The molecule has 0 spiro atoms. The number of rotatable bonds is 10. The molecule has 2 aromatic carbocycles. The third kappa shape index (κ3) is 7.58. The van der Waals surface area contributed by atoms with Gasteiger partial charge in [-0.2, -0.15) is 0 Å². The molecule has 0 heterocycles. The number of halogens is 3. The number of para-hydroxylation sites is 2. The Morgan fingerprint density at radius 1 is 1.07 bits per heavy atom. The van der Waals surface area contributed by atoms with Gasteiger partial charge in [-0.05, 0) is 0 Å². The summed E-state index contributed by atoms with van der Waals surface area (Å²) in [6, 6.07) is 17.1. The van der Waals surface area contributed by atoms with Crippen molar-refractivity contribution in [1.29, 1.82) is 0 Å². The molecule has 0 aliphatic carbocycles. The second kappa shape index (κ2) is 10.8. The van der Waals surface area contributed by atoms with E-state index in [1.54, 1.807) is 67.6 Å². The van der Waals surface area contributed by atoms with Crippen LogP contribution in [0.25, 0.3) is 0 Å². The molecule has 29 heavy (non-hydrogen) atoms. The third-order valence-electron chi connectivity index (χ3n) is 3.96. The van der Waals surface area contributed by atoms with Crippen LogP contribution in [0.3, 0.4) is 0 Å². The predicted molar refractivity (Wildman–Crippen MR) is 121 cm³/mol. The van der Waals surface area contributed by atoms with Crippen LogP contribution in [0.5, 0.6) is 11.5 Å². The van der Waals surface area contributed by atoms with Gasteiger partial charge in [-0.1, -0.05) is 0 Å². The van der Waals surface area contributed by atoms with Gasteiger partial charge in [-0.25, -0.2) is 0 Å². The molecule has 0 aliphatic heterocycles. The molecule has 0 saturated heterocycles. The predicted octanol–water partition coefficient (Wildman–Crippen LogP) is 6.40. The normalized spacial score (nSPS) is 13.8. The number of amides is 1. The van der Waals surface area contributed by atoms with Crippen molar-refractivity contribution in [3.63, 3.8) is 0 Å². The Labute approximate surface area is 185 Å². The summed E-state index contributed by atoms with van der Waals surface area (Å²) in [7, 11) is 10.9. The molecule has 2 aromatic rings. The van der Waals surface area contributed by atoms with Crippen LogP contribution in [0.2, 0.25) is 4.75 Å². The quantitative estimate of drug-likeness (QED) is 0.217. The minimum atomic E-state index is -3.99. The van der Waals surface area contributed by atoms with Gasteiger partial charge in [0.15, 0.2) is 0 Å². The van der Waals surface area contributed by atoms with Gasteiger partial charge in [0.25, 0.3) is 0 Å². The Kier molecular flexibility index (Phi) is 8.98. The van der Waals surface area contributed by atoms with Crippen LogP contribution in [0.1, 0.15) is 13.3 Å². The fraction of sp³-hybridized carbons (Fsp3) is 0.211. The molecule has 1 N–H and O–H groups in total. The van der Waals surface area contributed by atoms with Gasteiger partial charge in [-0.15, -0.1) is 0 Å². The molecule has 5 nitrogen and oxygen atoms in total. The number of carbonyl (C=O) groups excluding carboxylic acids is 1. The van der Waals surface area contributed by atoms with Gasteiger partial charge < -0.3 is 0 Å². The monoisotopic (exact) mass is 537 g/mol. The van der Waals surface area contributed by atoms with Crippen LogP contribution in [0, 0.1) is 0 Å². The molecule has 10 heteroatoms. The molecule has 1 amide bonds. The number of benzene rings is 2. The number of hydrogen-bond donors (Lipinski definition) is 1. The third-order valence-corrected chi connectivity index (χ3v) is 14.6. The van der Waals surface area contributed by atoms with Crippen LogP contribution < -0.4 is 14.4 Å². The summed E-state index contributed by atoms with van der Waals surface area (Å²) in [5.74, 6) is -0.933. The van der Waals surface area contributed by atoms with Gasteiger partial charge in [0.05, 0.1) is 0 Å².